The van der Waals surface area contributed by atoms with E-state index in [1.165, 1.54) is 0 Å². The summed E-state index contributed by atoms with van der Waals surface area (Å²) in [7, 11) is -6.08. The van der Waals surface area contributed by atoms with Crippen molar-refractivity contribution >= 4 is 25.2 Å². The zero-order chi connectivity index (χ0) is 15.4. The van der Waals surface area contributed by atoms with Crippen molar-refractivity contribution in [3.8, 4) is 0 Å². The fourth-order valence-electron chi connectivity index (χ4n) is 2.27. The summed E-state index contributed by atoms with van der Waals surface area (Å²) < 4.78 is 13.2. The maximum Gasteiger partial charge on any atom is 0.322 e. The minimum absolute atomic E-state index is 0.367. The van der Waals surface area contributed by atoms with Crippen molar-refractivity contribution in [2.45, 2.75) is 44.7 Å². The maximum absolute atomic E-state index is 6.59. The van der Waals surface area contributed by atoms with Gasteiger partial charge >= 0.3 is 8.56 Å². The van der Waals surface area contributed by atoms with Gasteiger partial charge in [-0.15, -0.1) is 13.2 Å². The first kappa shape index (κ1) is 17.6. The van der Waals surface area contributed by atoms with Crippen LogP contribution in [0.3, 0.4) is 0 Å². The van der Waals surface area contributed by atoms with Crippen LogP contribution in [0.1, 0.15) is 6.42 Å². The molecule has 0 aromatic heterocycles. The third-order valence-electron chi connectivity index (χ3n) is 3.57. The monoisotopic (exact) mass is 324 g/mol. The molecule has 1 unspecified atom stereocenters. The highest BCUT2D eigenvalue weighted by Gasteiger charge is 2.46. The van der Waals surface area contributed by atoms with E-state index in [1.807, 2.05) is 11.4 Å². The van der Waals surface area contributed by atoms with Crippen LogP contribution in [0, 0.1) is 0 Å². The molecule has 20 heavy (non-hydrogen) atoms. The van der Waals surface area contributed by atoms with E-state index in [4.69, 9.17) is 8.23 Å². The predicted molar refractivity (Wildman–Crippen MR) is 95.8 cm³/mol. The van der Waals surface area contributed by atoms with E-state index in [-0.39, 0.29) is 0 Å². The first-order valence-corrected chi connectivity index (χ1v) is 15.5. The summed E-state index contributed by atoms with van der Waals surface area (Å²) in [5, 5.41) is 0. The lowest BCUT2D eigenvalue weighted by Crippen LogP contribution is -2.56. The molecule has 0 bridgehead atoms. The average molecular weight is 325 g/mol. The van der Waals surface area contributed by atoms with Crippen molar-refractivity contribution in [2.24, 2.45) is 0 Å². The van der Waals surface area contributed by atoms with Crippen molar-refractivity contribution in [3.05, 3.63) is 48.9 Å². The molecule has 112 valence electrons. The Morgan fingerprint density at radius 2 is 1.45 bits per heavy atom. The zero-order valence-corrected chi connectivity index (χ0v) is 16.5. The number of hydrogen-bond donors (Lipinski definition) is 0. The van der Waals surface area contributed by atoms with E-state index in [9.17, 15) is 0 Å². The average Bonchev–Trinajstić information content (AvgIpc) is 2.38. The summed E-state index contributed by atoms with van der Waals surface area (Å²) in [4.78, 5) is 0. The molecule has 0 aliphatic heterocycles. The molecule has 1 aliphatic rings. The number of hydrogen-bond acceptors (Lipinski definition) is 2. The highest BCUT2D eigenvalue weighted by molar-refractivity contribution is 6.91. The molecular formula is C15H28O2Si3. The normalized spacial score (nSPS) is 19.9. The highest BCUT2D eigenvalue weighted by Crippen LogP contribution is 2.36. The SMILES string of the molecule is C=C[Si](C)(C)O[Si](C)(O[Si](C)(C)C=C)C1C=CC=CC1. The topological polar surface area (TPSA) is 18.5 Å². The van der Waals surface area contributed by atoms with Gasteiger partial charge in [-0.2, -0.15) is 0 Å². The molecule has 0 amide bonds. The van der Waals surface area contributed by atoms with Crippen molar-refractivity contribution in [2.75, 3.05) is 0 Å². The van der Waals surface area contributed by atoms with Gasteiger partial charge in [0.2, 0.25) is 0 Å². The quantitative estimate of drug-likeness (QED) is 0.624. The molecule has 0 saturated heterocycles. The summed E-state index contributed by atoms with van der Waals surface area (Å²) >= 11 is 0. The molecule has 0 fully saturated rings. The van der Waals surface area contributed by atoms with Gasteiger partial charge in [-0.1, -0.05) is 35.7 Å². The Bertz CT molecular complexity index is 403. The van der Waals surface area contributed by atoms with E-state index >= 15 is 0 Å². The Morgan fingerprint density at radius 3 is 1.80 bits per heavy atom. The van der Waals surface area contributed by atoms with Gasteiger partial charge in [0.1, 0.15) is 0 Å². The summed E-state index contributed by atoms with van der Waals surface area (Å²) in [6.07, 6.45) is 9.65. The molecule has 1 atom stereocenters. The van der Waals surface area contributed by atoms with Gasteiger partial charge in [0.15, 0.2) is 16.6 Å². The molecule has 0 heterocycles. The minimum Gasteiger partial charge on any atom is -0.433 e. The van der Waals surface area contributed by atoms with Crippen LogP contribution >= 0.6 is 0 Å². The van der Waals surface area contributed by atoms with Crippen LogP contribution in [-0.4, -0.2) is 25.2 Å². The molecule has 0 radical (unpaired) electrons. The third-order valence-corrected chi connectivity index (χ3v) is 14.8. The van der Waals surface area contributed by atoms with E-state index in [0.717, 1.165) is 6.42 Å². The Labute approximate surface area is 127 Å². The van der Waals surface area contributed by atoms with Crippen LogP contribution in [-0.2, 0) is 8.23 Å². The van der Waals surface area contributed by atoms with Crippen LogP contribution in [0.5, 0.6) is 0 Å². The summed E-state index contributed by atoms with van der Waals surface area (Å²) in [6.45, 7) is 18.8. The molecule has 1 rings (SSSR count). The lowest BCUT2D eigenvalue weighted by molar-refractivity contribution is 0.376. The Morgan fingerprint density at radius 1 is 0.950 bits per heavy atom. The second kappa shape index (κ2) is 6.53. The third kappa shape index (κ3) is 4.82. The van der Waals surface area contributed by atoms with Gasteiger partial charge in [0.05, 0.1) is 0 Å². The van der Waals surface area contributed by atoms with Gasteiger partial charge in [-0.3, -0.25) is 0 Å². The summed E-state index contributed by atoms with van der Waals surface area (Å²) in [6, 6.07) is 0. The maximum atomic E-state index is 6.59. The van der Waals surface area contributed by atoms with E-state index in [1.54, 1.807) is 0 Å². The van der Waals surface area contributed by atoms with Gasteiger partial charge in [-0.25, -0.2) is 0 Å². The van der Waals surface area contributed by atoms with Crippen molar-refractivity contribution in [1.82, 2.24) is 0 Å². The Balaban J connectivity index is 3.05. The highest BCUT2D eigenvalue weighted by atomic mass is 28.5. The van der Waals surface area contributed by atoms with Crippen molar-refractivity contribution in [3.63, 3.8) is 0 Å². The van der Waals surface area contributed by atoms with Gasteiger partial charge < -0.3 is 8.23 Å². The van der Waals surface area contributed by atoms with Gasteiger partial charge in [-0.05, 0) is 39.2 Å². The Hall–Kier alpha value is -0.469. The molecule has 0 N–H and O–H groups in total. The fraction of sp³-hybridized carbons (Fsp3) is 0.467. The lowest BCUT2D eigenvalue weighted by Gasteiger charge is -2.42. The van der Waals surface area contributed by atoms with Gasteiger partial charge in [0.25, 0.3) is 0 Å². The van der Waals surface area contributed by atoms with Crippen molar-refractivity contribution in [1.29, 1.82) is 0 Å². The van der Waals surface area contributed by atoms with Crippen molar-refractivity contribution < 1.29 is 8.23 Å². The lowest BCUT2D eigenvalue weighted by atomic mass is 10.2. The smallest absolute Gasteiger partial charge is 0.322 e. The van der Waals surface area contributed by atoms with Crippen LogP contribution in [0.2, 0.25) is 38.3 Å². The number of allylic oxidation sites excluding steroid dienone is 4. The summed E-state index contributed by atoms with van der Waals surface area (Å²) in [5.41, 5.74) is 4.35. The molecule has 5 heteroatoms. The first-order valence-electron chi connectivity index (χ1n) is 7.15. The second-order valence-corrected chi connectivity index (χ2v) is 18.1. The van der Waals surface area contributed by atoms with Crippen LogP contribution < -0.4 is 0 Å². The molecular weight excluding hydrogens is 296 g/mol. The Kier molecular flexibility index (Phi) is 5.74. The zero-order valence-electron chi connectivity index (χ0n) is 13.5. The molecule has 0 aromatic carbocycles. The van der Waals surface area contributed by atoms with E-state index in [2.05, 4.69) is 70.2 Å². The standard InChI is InChI=1S/C15H28O2Si3/c1-8-18(3,4)16-20(7,17-19(5,6)9-2)15-13-11-10-12-14-15/h8-13,15H,1-2,14H2,3-7H3. The molecule has 0 aromatic rings. The fourth-order valence-corrected chi connectivity index (χ4v) is 14.1. The number of rotatable bonds is 7. The summed E-state index contributed by atoms with van der Waals surface area (Å²) in [5.74, 6) is 0. The minimum atomic E-state index is -2.32. The molecule has 0 spiro atoms. The van der Waals surface area contributed by atoms with Gasteiger partial charge in [0, 0.05) is 5.54 Å². The molecule has 0 saturated carbocycles. The van der Waals surface area contributed by atoms with E-state index in [0.29, 0.717) is 5.54 Å². The molecule has 2 nitrogen and oxygen atoms in total. The largest absolute Gasteiger partial charge is 0.433 e. The second-order valence-electron chi connectivity index (χ2n) is 6.49. The predicted octanol–water partition coefficient (Wildman–Crippen LogP) is 4.84. The van der Waals surface area contributed by atoms with E-state index < -0.39 is 25.2 Å². The first-order chi connectivity index (χ1) is 9.14. The van der Waals surface area contributed by atoms with Crippen LogP contribution in [0.4, 0.5) is 0 Å². The van der Waals surface area contributed by atoms with Crippen LogP contribution in [0.15, 0.2) is 48.9 Å². The molecule has 1 aliphatic carbocycles. The van der Waals surface area contributed by atoms with Crippen LogP contribution in [0.25, 0.3) is 0 Å².